The number of carbonyl (C=O) groups excluding carboxylic acids is 1. The number of hydrogen-bond acceptors (Lipinski definition) is 18. The van der Waals surface area contributed by atoms with Crippen molar-refractivity contribution in [3.63, 3.8) is 0 Å². The molecule has 3 heterocycles. The first-order chi connectivity index (χ1) is 46.3. The van der Waals surface area contributed by atoms with Crippen molar-refractivity contribution in [3.05, 3.63) is 146 Å². The molecule has 3 aliphatic heterocycles. The molecule has 12 N–H and O–H groups in total. The van der Waals surface area contributed by atoms with Crippen LogP contribution >= 0.6 is 0 Å². The van der Waals surface area contributed by atoms with Crippen molar-refractivity contribution < 1.29 is 89.4 Å². The first-order valence-corrected chi connectivity index (χ1v) is 35.6. The van der Waals surface area contributed by atoms with Crippen LogP contribution in [0.5, 0.6) is 0 Å². The summed E-state index contributed by atoms with van der Waals surface area (Å²) in [5, 5.41) is 120. The van der Waals surface area contributed by atoms with Gasteiger partial charge in [-0.05, 0) is 103 Å². The van der Waals surface area contributed by atoms with Crippen LogP contribution in [0.15, 0.2) is 146 Å². The molecule has 95 heavy (non-hydrogen) atoms. The average molecular weight is 1340 g/mol. The Bertz CT molecular complexity index is 2290. The summed E-state index contributed by atoms with van der Waals surface area (Å²) in [5.41, 5.74) is 0. The molecule has 0 radical (unpaired) electrons. The van der Waals surface area contributed by atoms with E-state index in [0.717, 1.165) is 116 Å². The SMILES string of the molecule is CC/C=C\C/C=C\C/C=C\C/C=C\C/C=C\C/C=C\C/C=C\C/C=C\C/C=C\C/C=C\C/C=C\CCCCCC(=O)NC(COC1OC(CO)C(OC2OC(CO)C(OC3OC(CO)C(O)C(O)C3O)C(O)C2O)C(O)C1O)C(O)/C=C/CCCCCCCCCCCCC. The zero-order valence-corrected chi connectivity index (χ0v) is 57.1. The molecule has 0 aromatic carbocycles. The summed E-state index contributed by atoms with van der Waals surface area (Å²) in [7, 11) is 0. The summed E-state index contributed by atoms with van der Waals surface area (Å²) in [6, 6.07) is -1.00. The number of aliphatic hydroxyl groups is 11. The lowest BCUT2D eigenvalue weighted by atomic mass is 9.96. The van der Waals surface area contributed by atoms with Gasteiger partial charge in [-0.3, -0.25) is 4.79 Å². The summed E-state index contributed by atoms with van der Waals surface area (Å²) in [5.74, 6) is -0.315. The van der Waals surface area contributed by atoms with Crippen molar-refractivity contribution in [1.29, 1.82) is 0 Å². The maximum absolute atomic E-state index is 13.4. The molecule has 0 spiro atoms. The first kappa shape index (κ1) is 84.9. The summed E-state index contributed by atoms with van der Waals surface area (Å²) < 4.78 is 34.3. The highest BCUT2D eigenvalue weighted by Crippen LogP contribution is 2.33. The van der Waals surface area contributed by atoms with Gasteiger partial charge in [0.1, 0.15) is 73.2 Å². The van der Waals surface area contributed by atoms with Gasteiger partial charge in [-0.2, -0.15) is 0 Å². The first-order valence-electron chi connectivity index (χ1n) is 35.6. The summed E-state index contributed by atoms with van der Waals surface area (Å²) >= 11 is 0. The van der Waals surface area contributed by atoms with Crippen LogP contribution < -0.4 is 5.32 Å². The fourth-order valence-electron chi connectivity index (χ4n) is 10.9. The molecule has 0 aromatic rings. The lowest BCUT2D eigenvalue weighted by Crippen LogP contribution is -2.66. The van der Waals surface area contributed by atoms with E-state index in [2.05, 4.69) is 153 Å². The smallest absolute Gasteiger partial charge is 0.220 e. The topological polar surface area (TPSA) is 307 Å². The van der Waals surface area contributed by atoms with E-state index in [0.29, 0.717) is 6.42 Å². The Hall–Kier alpha value is -4.33. The van der Waals surface area contributed by atoms with E-state index < -0.39 is 124 Å². The Labute approximate surface area is 568 Å². The fourth-order valence-corrected chi connectivity index (χ4v) is 10.9. The van der Waals surface area contributed by atoms with E-state index in [1.807, 2.05) is 6.08 Å². The van der Waals surface area contributed by atoms with Crippen LogP contribution in [0.4, 0.5) is 0 Å². The Morgan fingerprint density at radius 1 is 0.389 bits per heavy atom. The van der Waals surface area contributed by atoms with Crippen LogP contribution in [-0.4, -0.2) is 193 Å². The molecule has 3 rings (SSSR count). The maximum Gasteiger partial charge on any atom is 0.220 e. The van der Waals surface area contributed by atoms with E-state index in [-0.39, 0.29) is 18.9 Å². The molecule has 3 fully saturated rings. The van der Waals surface area contributed by atoms with Crippen LogP contribution in [0, 0.1) is 0 Å². The average Bonchev–Trinajstić information content (AvgIpc) is 0.791. The standard InChI is InChI=1S/C76H123NO18/c1-3-5-7-9-11-13-15-17-18-19-20-21-22-23-24-25-26-27-28-29-30-31-32-33-34-35-36-37-38-39-40-42-44-46-48-50-52-54-64(82)77-59(60(81)53-51-49-47-45-43-41-16-14-12-10-8-6-4-2)58-90-74-70(88)67(85)72(62(56-79)92-74)95-76-71(89)68(86)73(63(57-80)93-76)94-75-69(87)66(84)65(83)61(55-78)91-75/h5,7,11,13,17-18,20-21,23-24,26-27,29-30,32-33,35-36,38-39,42,44,51,53,59-63,65-76,78-81,83-89H,3-4,6,8-10,12,14-16,19,22,25,28,31,34,37,40-41,43,45-50,52,54-58H2,1-2H3,(H,77,82)/b7-5-,13-11-,18-17-,21-20-,24-23-,27-26-,30-29-,33-32-,36-35-,39-38-,44-42-,53-51+. The number of allylic oxidation sites excluding steroid dienone is 23. The third kappa shape index (κ3) is 36.9. The molecular formula is C76H123NO18. The summed E-state index contributed by atoms with van der Waals surface area (Å²) in [6.45, 7) is 1.55. The van der Waals surface area contributed by atoms with Gasteiger partial charge in [0.15, 0.2) is 18.9 Å². The van der Waals surface area contributed by atoms with Gasteiger partial charge >= 0.3 is 0 Å². The largest absolute Gasteiger partial charge is 0.394 e. The molecule has 540 valence electrons. The molecular weight excluding hydrogens is 1210 g/mol. The van der Waals surface area contributed by atoms with Crippen LogP contribution in [0.1, 0.15) is 194 Å². The second-order valence-corrected chi connectivity index (χ2v) is 24.6. The predicted molar refractivity (Wildman–Crippen MR) is 373 cm³/mol. The van der Waals surface area contributed by atoms with E-state index >= 15 is 0 Å². The number of carbonyl (C=O) groups is 1. The van der Waals surface area contributed by atoms with E-state index in [9.17, 15) is 61.0 Å². The van der Waals surface area contributed by atoms with Gasteiger partial charge in [-0.15, -0.1) is 0 Å². The van der Waals surface area contributed by atoms with Crippen molar-refractivity contribution in [2.24, 2.45) is 0 Å². The van der Waals surface area contributed by atoms with Crippen LogP contribution in [0.2, 0.25) is 0 Å². The quantitative estimate of drug-likeness (QED) is 0.0199. The number of rotatable bonds is 52. The van der Waals surface area contributed by atoms with Crippen molar-refractivity contribution in [3.8, 4) is 0 Å². The third-order valence-electron chi connectivity index (χ3n) is 16.6. The van der Waals surface area contributed by atoms with Crippen molar-refractivity contribution in [2.75, 3.05) is 26.4 Å². The highest BCUT2D eigenvalue weighted by atomic mass is 16.8. The number of nitrogens with one attached hydrogen (secondary N) is 1. The van der Waals surface area contributed by atoms with Gasteiger partial charge in [0.05, 0.1) is 38.6 Å². The molecule has 1 amide bonds. The molecule has 0 aliphatic carbocycles. The molecule has 3 saturated heterocycles. The lowest BCUT2D eigenvalue weighted by molar-refractivity contribution is -0.379. The van der Waals surface area contributed by atoms with Crippen LogP contribution in [-0.2, 0) is 33.2 Å². The Morgan fingerprint density at radius 2 is 0.726 bits per heavy atom. The lowest BCUT2D eigenvalue weighted by Gasteiger charge is -2.48. The van der Waals surface area contributed by atoms with Crippen LogP contribution in [0.3, 0.4) is 0 Å². The molecule has 0 bridgehead atoms. The number of unbranched alkanes of at least 4 members (excludes halogenated alkanes) is 14. The van der Waals surface area contributed by atoms with Gasteiger partial charge in [0.25, 0.3) is 0 Å². The minimum Gasteiger partial charge on any atom is -0.394 e. The Balaban J connectivity index is 1.39. The normalized spacial score (nSPS) is 28.1. The number of amides is 1. The zero-order chi connectivity index (χ0) is 68.9. The van der Waals surface area contributed by atoms with Gasteiger partial charge < -0.3 is 89.9 Å². The fraction of sp³-hybridized carbons (Fsp3) is 0.671. The molecule has 3 aliphatic rings. The summed E-state index contributed by atoms with van der Waals surface area (Å²) in [4.78, 5) is 13.4. The highest BCUT2D eigenvalue weighted by molar-refractivity contribution is 5.76. The third-order valence-corrected chi connectivity index (χ3v) is 16.6. The maximum atomic E-state index is 13.4. The molecule has 17 atom stereocenters. The van der Waals surface area contributed by atoms with Gasteiger partial charge in [0.2, 0.25) is 5.91 Å². The Morgan fingerprint density at radius 3 is 1.14 bits per heavy atom. The predicted octanol–water partition coefficient (Wildman–Crippen LogP) is 9.93. The highest BCUT2D eigenvalue weighted by Gasteiger charge is 2.53. The molecule has 0 saturated carbocycles. The van der Waals surface area contributed by atoms with Crippen LogP contribution in [0.25, 0.3) is 0 Å². The van der Waals surface area contributed by atoms with E-state index in [1.54, 1.807) is 6.08 Å². The van der Waals surface area contributed by atoms with E-state index in [1.165, 1.54) is 51.4 Å². The number of hydrogen-bond donors (Lipinski definition) is 12. The number of ether oxygens (including phenoxy) is 6. The number of aliphatic hydroxyl groups excluding tert-OH is 11. The molecule has 19 heteroatoms. The minimum absolute atomic E-state index is 0.193. The summed E-state index contributed by atoms with van der Waals surface area (Å²) in [6.07, 6.45) is 52.6. The van der Waals surface area contributed by atoms with Crippen molar-refractivity contribution in [1.82, 2.24) is 5.32 Å². The zero-order valence-electron chi connectivity index (χ0n) is 57.1. The van der Waals surface area contributed by atoms with Gasteiger partial charge in [0, 0.05) is 6.42 Å². The monoisotopic (exact) mass is 1340 g/mol. The molecule has 0 aromatic heterocycles. The Kier molecular flexibility index (Phi) is 49.6. The van der Waals surface area contributed by atoms with Crippen molar-refractivity contribution >= 4 is 5.91 Å². The second kappa shape index (κ2) is 55.5. The van der Waals surface area contributed by atoms with Gasteiger partial charge in [-0.1, -0.05) is 230 Å². The van der Waals surface area contributed by atoms with Crippen molar-refractivity contribution in [2.45, 2.75) is 298 Å². The second-order valence-electron chi connectivity index (χ2n) is 24.6. The van der Waals surface area contributed by atoms with E-state index in [4.69, 9.17) is 28.4 Å². The molecule has 17 unspecified atom stereocenters. The van der Waals surface area contributed by atoms with Gasteiger partial charge in [-0.25, -0.2) is 0 Å². The molecule has 19 nitrogen and oxygen atoms in total. The minimum atomic E-state index is -1.99.